The third-order valence-electron chi connectivity index (χ3n) is 2.86. The molecule has 0 bridgehead atoms. The first-order valence-corrected chi connectivity index (χ1v) is 5.78. The van der Waals surface area contributed by atoms with Gasteiger partial charge < -0.3 is 9.13 Å². The van der Waals surface area contributed by atoms with Crippen molar-refractivity contribution in [2.75, 3.05) is 0 Å². The molecule has 2 aromatic heterocycles. The average Bonchev–Trinajstić information content (AvgIpc) is 2.78. The van der Waals surface area contributed by atoms with E-state index in [0.717, 1.165) is 5.69 Å². The van der Waals surface area contributed by atoms with Gasteiger partial charge in [-0.3, -0.25) is 9.36 Å². The summed E-state index contributed by atoms with van der Waals surface area (Å²) in [5.74, 6) is 0. The van der Waals surface area contributed by atoms with E-state index in [2.05, 4.69) is 4.98 Å². The van der Waals surface area contributed by atoms with Crippen molar-refractivity contribution in [2.24, 2.45) is 7.05 Å². The normalized spacial score (nSPS) is 11.1. The Kier molecular flexibility index (Phi) is 3.18. The van der Waals surface area contributed by atoms with Crippen LogP contribution in [0.5, 0.6) is 0 Å². The summed E-state index contributed by atoms with van der Waals surface area (Å²) < 4.78 is 4.53. The van der Waals surface area contributed by atoms with Crippen LogP contribution in [0.1, 0.15) is 25.6 Å². The van der Waals surface area contributed by atoms with Crippen LogP contribution in [0.25, 0.3) is 0 Å². The van der Waals surface area contributed by atoms with Crippen LogP contribution in [0.2, 0.25) is 0 Å². The van der Waals surface area contributed by atoms with Crippen molar-refractivity contribution in [3.8, 4) is 0 Å². The van der Waals surface area contributed by atoms with Gasteiger partial charge in [0.25, 0.3) is 5.56 Å². The molecular weight excluding hydrogens is 232 g/mol. The third kappa shape index (κ3) is 2.13. The van der Waals surface area contributed by atoms with Crippen LogP contribution in [-0.2, 0) is 13.6 Å². The van der Waals surface area contributed by atoms with Crippen LogP contribution in [0.15, 0.2) is 34.4 Å². The molecule has 0 aliphatic carbocycles. The van der Waals surface area contributed by atoms with Crippen molar-refractivity contribution < 1.29 is 0 Å². The lowest BCUT2D eigenvalue weighted by Gasteiger charge is -2.12. The lowest BCUT2D eigenvalue weighted by molar-refractivity contribution is 0.544. The van der Waals surface area contributed by atoms with Gasteiger partial charge in [0.15, 0.2) is 0 Å². The fourth-order valence-electron chi connectivity index (χ4n) is 1.84. The van der Waals surface area contributed by atoms with Crippen LogP contribution >= 0.6 is 0 Å². The molecule has 0 unspecified atom stereocenters. The molecule has 96 valence electrons. The molecule has 0 atom stereocenters. The number of imidazole rings is 1. The monoisotopic (exact) mass is 248 g/mol. The second kappa shape index (κ2) is 4.64. The summed E-state index contributed by atoms with van der Waals surface area (Å²) in [5.41, 5.74) is 0.226. The van der Waals surface area contributed by atoms with Gasteiger partial charge in [-0.2, -0.15) is 0 Å². The van der Waals surface area contributed by atoms with Crippen molar-refractivity contribution in [1.29, 1.82) is 0 Å². The summed E-state index contributed by atoms with van der Waals surface area (Å²) in [5, 5.41) is 0. The zero-order valence-corrected chi connectivity index (χ0v) is 10.7. The summed E-state index contributed by atoms with van der Waals surface area (Å²) >= 11 is 0. The summed E-state index contributed by atoms with van der Waals surface area (Å²) in [4.78, 5) is 27.7. The minimum absolute atomic E-state index is 0.241. The number of hydrogen-bond donors (Lipinski definition) is 0. The largest absolute Gasteiger partial charge is 0.331 e. The van der Waals surface area contributed by atoms with Crippen LogP contribution in [-0.4, -0.2) is 18.7 Å². The quantitative estimate of drug-likeness (QED) is 0.788. The topological polar surface area (TPSA) is 61.8 Å². The minimum atomic E-state index is -0.320. The van der Waals surface area contributed by atoms with E-state index in [1.54, 1.807) is 19.6 Å². The molecular formula is C12H16N4O2. The number of aryl methyl sites for hydroxylation is 1. The molecule has 0 amide bonds. The number of aromatic nitrogens is 4. The van der Waals surface area contributed by atoms with Crippen LogP contribution < -0.4 is 11.2 Å². The van der Waals surface area contributed by atoms with E-state index in [1.165, 1.54) is 21.4 Å². The lowest BCUT2D eigenvalue weighted by atomic mass is 10.3. The molecule has 0 radical (unpaired) electrons. The van der Waals surface area contributed by atoms with Crippen LogP contribution in [0.3, 0.4) is 0 Å². The summed E-state index contributed by atoms with van der Waals surface area (Å²) in [6, 6.07) is 1.63. The van der Waals surface area contributed by atoms with E-state index < -0.39 is 0 Å². The molecule has 6 heteroatoms. The van der Waals surface area contributed by atoms with Crippen molar-refractivity contribution in [3.05, 3.63) is 51.3 Å². The Morgan fingerprint density at radius 2 is 2.06 bits per heavy atom. The Bertz CT molecular complexity index is 663. The van der Waals surface area contributed by atoms with Gasteiger partial charge in [-0.25, -0.2) is 9.78 Å². The Labute approximate surface area is 104 Å². The fourth-order valence-corrected chi connectivity index (χ4v) is 1.84. The van der Waals surface area contributed by atoms with Crippen molar-refractivity contribution in [2.45, 2.75) is 26.4 Å². The first kappa shape index (κ1) is 12.3. The number of hydrogen-bond acceptors (Lipinski definition) is 3. The zero-order valence-electron chi connectivity index (χ0n) is 10.7. The van der Waals surface area contributed by atoms with Gasteiger partial charge in [-0.05, 0) is 13.8 Å². The Morgan fingerprint density at radius 3 is 2.72 bits per heavy atom. The molecule has 2 aromatic rings. The van der Waals surface area contributed by atoms with Crippen molar-refractivity contribution in [3.63, 3.8) is 0 Å². The summed E-state index contributed by atoms with van der Waals surface area (Å²) in [6.07, 6.45) is 4.86. The Hall–Kier alpha value is -2.11. The standard InChI is InChI=1S/C12H16N4O2/c1-9(2)16-8-13-6-10(16)7-15-11(17)4-5-14(3)12(15)18/h4-6,8-9H,7H2,1-3H3. The van der Waals surface area contributed by atoms with Crippen LogP contribution in [0.4, 0.5) is 0 Å². The summed E-state index contributed by atoms with van der Waals surface area (Å²) in [7, 11) is 1.62. The highest BCUT2D eigenvalue weighted by Crippen LogP contribution is 2.08. The highest BCUT2D eigenvalue weighted by Gasteiger charge is 2.09. The second-order valence-corrected chi connectivity index (χ2v) is 4.52. The lowest BCUT2D eigenvalue weighted by Crippen LogP contribution is -2.38. The molecule has 18 heavy (non-hydrogen) atoms. The SMILES string of the molecule is CC(C)n1cncc1Cn1c(=O)ccn(C)c1=O. The predicted octanol–water partition coefficient (Wildman–Crippen LogP) is 0.373. The molecule has 0 N–H and O–H groups in total. The van der Waals surface area contributed by atoms with E-state index >= 15 is 0 Å². The van der Waals surface area contributed by atoms with Crippen molar-refractivity contribution >= 4 is 0 Å². The minimum Gasteiger partial charge on any atom is -0.330 e. The molecule has 6 nitrogen and oxygen atoms in total. The van der Waals surface area contributed by atoms with Gasteiger partial charge in [0.1, 0.15) is 0 Å². The maximum Gasteiger partial charge on any atom is 0.331 e. The number of rotatable bonds is 3. The predicted molar refractivity (Wildman–Crippen MR) is 67.7 cm³/mol. The zero-order chi connectivity index (χ0) is 13.3. The van der Waals surface area contributed by atoms with Crippen molar-refractivity contribution in [1.82, 2.24) is 18.7 Å². The highest BCUT2D eigenvalue weighted by molar-refractivity contribution is 5.01. The van der Waals surface area contributed by atoms with Gasteiger partial charge in [-0.15, -0.1) is 0 Å². The summed E-state index contributed by atoms with van der Waals surface area (Å²) in [6.45, 7) is 4.29. The van der Waals surface area contributed by atoms with E-state index in [9.17, 15) is 9.59 Å². The van der Waals surface area contributed by atoms with E-state index in [1.807, 2.05) is 18.4 Å². The molecule has 2 rings (SSSR count). The van der Waals surface area contributed by atoms with E-state index in [4.69, 9.17) is 0 Å². The molecule has 0 aromatic carbocycles. The molecule has 0 aliphatic heterocycles. The molecule has 0 saturated carbocycles. The van der Waals surface area contributed by atoms with E-state index in [-0.39, 0.29) is 23.8 Å². The second-order valence-electron chi connectivity index (χ2n) is 4.52. The molecule has 0 fully saturated rings. The van der Waals surface area contributed by atoms with Gasteiger partial charge in [-0.1, -0.05) is 0 Å². The molecule has 0 aliphatic rings. The maximum atomic E-state index is 11.9. The number of nitrogens with zero attached hydrogens (tertiary/aromatic N) is 4. The van der Waals surface area contributed by atoms with Gasteiger partial charge in [0.2, 0.25) is 0 Å². The first-order valence-electron chi connectivity index (χ1n) is 5.78. The Morgan fingerprint density at radius 1 is 1.33 bits per heavy atom. The smallest absolute Gasteiger partial charge is 0.330 e. The third-order valence-corrected chi connectivity index (χ3v) is 2.86. The van der Waals surface area contributed by atoms with Gasteiger partial charge in [0.05, 0.1) is 18.6 Å². The molecule has 2 heterocycles. The van der Waals surface area contributed by atoms with E-state index in [0.29, 0.717) is 0 Å². The van der Waals surface area contributed by atoms with Gasteiger partial charge in [0, 0.05) is 31.5 Å². The molecule has 0 spiro atoms. The van der Waals surface area contributed by atoms with Gasteiger partial charge >= 0.3 is 5.69 Å². The Balaban J connectivity index is 2.47. The average molecular weight is 248 g/mol. The molecule has 0 saturated heterocycles. The first-order chi connectivity index (χ1) is 8.50. The highest BCUT2D eigenvalue weighted by atomic mass is 16.2. The maximum absolute atomic E-state index is 11.9. The van der Waals surface area contributed by atoms with Crippen LogP contribution in [0, 0.1) is 0 Å². The fraction of sp³-hybridized carbons (Fsp3) is 0.417.